The first-order chi connectivity index (χ1) is 46.3. The van der Waals surface area contributed by atoms with Crippen molar-refractivity contribution in [3.05, 3.63) is 108 Å². The molecule has 3 aromatic rings. The molecular weight excluding hydrogens is 1260 g/mol. The van der Waals surface area contributed by atoms with Gasteiger partial charge in [0.2, 0.25) is 0 Å². The van der Waals surface area contributed by atoms with Crippen molar-refractivity contribution in [3.8, 4) is 0 Å². The molecule has 0 aromatic heterocycles. The highest BCUT2D eigenvalue weighted by molar-refractivity contribution is 5.90. The highest BCUT2D eigenvalue weighted by Gasteiger charge is 2.39. The Morgan fingerprint density at radius 3 is 1.12 bits per heavy atom. The van der Waals surface area contributed by atoms with Crippen molar-refractivity contribution in [2.45, 2.75) is 301 Å². The molecule has 0 aliphatic carbocycles. The third-order valence-corrected chi connectivity index (χ3v) is 17.5. The Morgan fingerprint density at radius 1 is 0.371 bits per heavy atom. The number of carbonyl (C=O) groups excluding carboxylic acids is 4. The summed E-state index contributed by atoms with van der Waals surface area (Å²) in [6.07, 6.45) is 10.6. The number of carbonyl (C=O) groups is 4. The maximum atomic E-state index is 12.2. The van der Waals surface area contributed by atoms with Gasteiger partial charge in [0, 0.05) is 45.4 Å². The van der Waals surface area contributed by atoms with Gasteiger partial charge < -0.3 is 92.6 Å². The summed E-state index contributed by atoms with van der Waals surface area (Å²) in [6, 6.07) is 26.3. The molecule has 23 heteroatoms. The van der Waals surface area contributed by atoms with Crippen LogP contribution in [0.4, 0.5) is 0 Å². The number of hydrogen-bond donors (Lipinski definition) is 7. The van der Waals surface area contributed by atoms with Crippen molar-refractivity contribution >= 4 is 23.9 Å². The molecule has 97 heavy (non-hydrogen) atoms. The Balaban J connectivity index is 0.000000247. The second kappa shape index (κ2) is 45.7. The lowest BCUT2D eigenvalue weighted by Gasteiger charge is -2.19. The van der Waals surface area contributed by atoms with Gasteiger partial charge in [-0.1, -0.05) is 75.4 Å². The van der Waals surface area contributed by atoms with Crippen LogP contribution in [-0.2, 0) is 61.6 Å². The lowest BCUT2D eigenvalue weighted by Crippen LogP contribution is -2.32. The van der Waals surface area contributed by atoms with Gasteiger partial charge in [0.05, 0.1) is 146 Å². The van der Waals surface area contributed by atoms with Crippen LogP contribution in [0.25, 0.3) is 0 Å². The van der Waals surface area contributed by atoms with E-state index in [0.29, 0.717) is 66.8 Å². The van der Waals surface area contributed by atoms with E-state index in [1.165, 1.54) is 26.2 Å². The normalized spacial score (nSPS) is 33.5. The average molecular weight is 1370 g/mol. The number of rotatable bonds is 15. The van der Waals surface area contributed by atoms with E-state index in [1.807, 2.05) is 66.7 Å². The first-order valence-electron chi connectivity index (χ1n) is 35.0. The predicted octanol–water partition coefficient (Wildman–Crippen LogP) is 8.61. The van der Waals surface area contributed by atoms with Crippen LogP contribution in [0.3, 0.4) is 0 Å². The molecular formula is C74H116O23. The minimum absolute atomic E-state index is 0.0153. The molecule has 0 spiro atoms. The molecule has 550 valence electrons. The molecule has 11 rings (SSSR count). The Morgan fingerprint density at radius 2 is 0.794 bits per heavy atom. The van der Waals surface area contributed by atoms with Gasteiger partial charge in [-0.2, -0.15) is 0 Å². The van der Waals surface area contributed by atoms with Crippen LogP contribution < -0.4 is 0 Å². The summed E-state index contributed by atoms with van der Waals surface area (Å²) in [5.74, 6) is -1.52. The van der Waals surface area contributed by atoms with Crippen molar-refractivity contribution < 1.29 is 112 Å². The summed E-state index contributed by atoms with van der Waals surface area (Å²) in [6.45, 7) is 23.5. The maximum absolute atomic E-state index is 12.2. The second-order valence-electron chi connectivity index (χ2n) is 26.0. The molecule has 23 nitrogen and oxygen atoms in total. The lowest BCUT2D eigenvalue weighted by molar-refractivity contribution is -0.148. The Hall–Kier alpha value is -5.06. The largest absolute Gasteiger partial charge is 0.460 e. The zero-order valence-electron chi connectivity index (χ0n) is 59.3. The Labute approximate surface area is 575 Å². The molecule has 8 aliphatic heterocycles. The van der Waals surface area contributed by atoms with Crippen LogP contribution >= 0.6 is 0 Å². The standard InChI is InChI=1S/C20H20O5.C15H18O5.2C7H14O2.C7H14O.2C6H12O3.C6H12O2/c1-14-12-17(25-20(22)16-10-6-3-7-11-16)18(24-14)13-23-19(21)15-8-4-2-5-9-15;1-10-14(20-11(2)16)8-13(19-10)9-18-15(17)12-6-4-3-5-7-12;1-3-6-4-7(8)5(2)9-6;1-3-7-6(8)4-5(2)9-7;1-3-7-5-4-6(2)8-7;1-4-6(8)2-5(3-7)9-4;1-4-2-5(8)6(3-7)9-4;1-5-2-3-6(4-7)8-5/h2-11,14,17-18H,12-13H2,1H3;3-7,10,13-14H,8-9H2,1-2H3;2*5-8H,3-4H2,1-2H3;6-7H,3-5H2,1-2H3;2*4-8H,2-3H2,1H3;5-7H,2-4H2,1H3. The van der Waals surface area contributed by atoms with Crippen LogP contribution in [0.2, 0.25) is 0 Å². The first kappa shape index (κ1) is 84.4. The van der Waals surface area contributed by atoms with E-state index in [2.05, 4.69) is 20.8 Å². The monoisotopic (exact) mass is 1370 g/mol. The molecule has 0 radical (unpaired) electrons. The van der Waals surface area contributed by atoms with Crippen LogP contribution in [0.1, 0.15) is 198 Å². The molecule has 7 N–H and O–H groups in total. The van der Waals surface area contributed by atoms with Gasteiger partial charge in [-0.05, 0) is 137 Å². The Bertz CT molecular complexity index is 2520. The molecule has 22 atom stereocenters. The van der Waals surface area contributed by atoms with Crippen LogP contribution in [0.15, 0.2) is 91.0 Å². The van der Waals surface area contributed by atoms with Crippen molar-refractivity contribution in [1.82, 2.24) is 0 Å². The summed E-state index contributed by atoms with van der Waals surface area (Å²) in [5.41, 5.74) is 1.48. The van der Waals surface area contributed by atoms with Gasteiger partial charge >= 0.3 is 23.9 Å². The fraction of sp³-hybridized carbons (Fsp3) is 0.703. The molecule has 0 saturated carbocycles. The summed E-state index contributed by atoms with van der Waals surface area (Å²) in [7, 11) is 0. The second-order valence-corrected chi connectivity index (χ2v) is 26.0. The van der Waals surface area contributed by atoms with Gasteiger partial charge in [-0.15, -0.1) is 0 Å². The summed E-state index contributed by atoms with van der Waals surface area (Å²) in [4.78, 5) is 47.0. The number of hydrogen-bond acceptors (Lipinski definition) is 23. The van der Waals surface area contributed by atoms with E-state index in [4.69, 9.17) is 82.4 Å². The number of aliphatic hydroxyl groups excluding tert-OH is 7. The first-order valence-corrected chi connectivity index (χ1v) is 35.0. The molecule has 3 aromatic carbocycles. The third-order valence-electron chi connectivity index (χ3n) is 17.5. The molecule has 8 aliphatic rings. The molecule has 0 bridgehead atoms. The van der Waals surface area contributed by atoms with Crippen molar-refractivity contribution in [3.63, 3.8) is 0 Å². The van der Waals surface area contributed by atoms with Gasteiger partial charge in [0.15, 0.2) is 0 Å². The number of ether oxygens (including phenoxy) is 12. The quantitative estimate of drug-likeness (QED) is 0.0553. The van der Waals surface area contributed by atoms with Gasteiger partial charge in [0.25, 0.3) is 0 Å². The van der Waals surface area contributed by atoms with Gasteiger partial charge in [-0.3, -0.25) is 4.79 Å². The van der Waals surface area contributed by atoms with Crippen LogP contribution in [-0.4, -0.2) is 227 Å². The summed E-state index contributed by atoms with van der Waals surface area (Å²) in [5, 5.41) is 62.2. The SMILES string of the molecule is CC(=O)OC1CC(COC(=O)c2ccccc2)OC1C.CC1CC(O)C(CO)O1.CC1CC(OC(=O)c2ccccc2)C(COC(=O)c2ccccc2)O1.CC1CCC(CO)O1.CC1OC(CO)CC1O.CCC1CC(O)C(C)O1.CCC1CCC(C)O1.CCC1OC(C)CC1O. The van der Waals surface area contributed by atoms with E-state index < -0.39 is 30.3 Å². The van der Waals surface area contributed by atoms with Crippen molar-refractivity contribution in [2.24, 2.45) is 0 Å². The molecule has 22 unspecified atom stereocenters. The molecule has 8 fully saturated rings. The van der Waals surface area contributed by atoms with Crippen LogP contribution in [0, 0.1) is 0 Å². The van der Waals surface area contributed by atoms with E-state index in [9.17, 15) is 29.4 Å². The minimum Gasteiger partial charge on any atom is -0.460 e. The molecule has 8 heterocycles. The topological polar surface area (TPSA) is 321 Å². The Kier molecular flexibility index (Phi) is 39.7. The van der Waals surface area contributed by atoms with Crippen molar-refractivity contribution in [1.29, 1.82) is 0 Å². The van der Waals surface area contributed by atoms with Crippen molar-refractivity contribution in [2.75, 3.05) is 33.0 Å². The lowest BCUT2D eigenvalue weighted by atomic mass is 10.1. The zero-order chi connectivity index (χ0) is 71.6. The summed E-state index contributed by atoms with van der Waals surface area (Å²) >= 11 is 0. The van der Waals surface area contributed by atoms with Crippen LogP contribution in [0.5, 0.6) is 0 Å². The third kappa shape index (κ3) is 31.6. The number of benzene rings is 3. The average Bonchev–Trinajstić information content (AvgIpc) is 1.90. The number of esters is 4. The van der Waals surface area contributed by atoms with E-state index in [0.717, 1.165) is 38.5 Å². The fourth-order valence-corrected chi connectivity index (χ4v) is 11.8. The van der Waals surface area contributed by atoms with E-state index in [1.54, 1.807) is 79.7 Å². The highest BCUT2D eigenvalue weighted by Crippen LogP contribution is 2.28. The minimum atomic E-state index is -0.468. The molecule has 0 amide bonds. The van der Waals surface area contributed by atoms with Gasteiger partial charge in [0.1, 0.15) is 37.6 Å². The number of aliphatic hydroxyl groups is 7. The fourth-order valence-electron chi connectivity index (χ4n) is 11.8. The smallest absolute Gasteiger partial charge is 0.338 e. The zero-order valence-corrected chi connectivity index (χ0v) is 59.3. The van der Waals surface area contributed by atoms with Gasteiger partial charge in [-0.25, -0.2) is 14.4 Å². The predicted molar refractivity (Wildman–Crippen MR) is 362 cm³/mol. The maximum Gasteiger partial charge on any atom is 0.338 e. The van der Waals surface area contributed by atoms with E-state index in [-0.39, 0.29) is 137 Å². The summed E-state index contributed by atoms with van der Waals surface area (Å²) < 4.78 is 64.3. The highest BCUT2D eigenvalue weighted by atomic mass is 16.6. The van der Waals surface area contributed by atoms with E-state index >= 15 is 0 Å². The molecule has 8 saturated heterocycles.